The van der Waals surface area contributed by atoms with Gasteiger partial charge < -0.3 is 25.2 Å². The zero-order valence-electron chi connectivity index (χ0n) is 15.2. The van der Waals surface area contributed by atoms with Gasteiger partial charge in [0.1, 0.15) is 11.5 Å². The Bertz CT molecular complexity index is 766. The van der Waals surface area contributed by atoms with E-state index in [4.69, 9.17) is 4.74 Å². The first-order chi connectivity index (χ1) is 12.3. The summed E-state index contributed by atoms with van der Waals surface area (Å²) in [4.78, 5) is 13.0. The number of rotatable bonds is 3. The van der Waals surface area contributed by atoms with E-state index < -0.39 is 17.4 Å². The lowest BCUT2D eigenvalue weighted by atomic mass is 9.47. The van der Waals surface area contributed by atoms with Crippen molar-refractivity contribution in [3.8, 4) is 11.5 Å². The highest BCUT2D eigenvalue weighted by molar-refractivity contribution is 5.89. The summed E-state index contributed by atoms with van der Waals surface area (Å²) in [5.41, 5.74) is 0.500. The molecule has 5 rings (SSSR count). The number of fused-ring (bicyclic) bond motifs is 1. The van der Waals surface area contributed by atoms with Crippen LogP contribution in [0.5, 0.6) is 11.5 Å². The smallest absolute Gasteiger partial charge is 0.317 e. The molecular weight excluding hydrogens is 336 g/mol. The van der Waals surface area contributed by atoms with E-state index in [0.717, 1.165) is 12.8 Å². The number of hydrogen-bond donors (Lipinski definition) is 4. The monoisotopic (exact) mass is 362 g/mol. The lowest BCUT2D eigenvalue weighted by molar-refractivity contribution is -0.185. The largest absolute Gasteiger partial charge is 0.504 e. The third-order valence-electron chi connectivity index (χ3n) is 7.00. The van der Waals surface area contributed by atoms with Gasteiger partial charge in [0.05, 0.1) is 13.2 Å². The standard InChI is InChI=1S/C20H26O6/c1-19(2)4-3-5-20-14(19)7-13(26-18(20)25)12-6-11(10(8-21)9-22)16(23)17(24)15(12)20/h6,10,13-14,21-24H,3-5,7-9H2,1-2H3/t13?,14-,20+/m0/s1. The van der Waals surface area contributed by atoms with Gasteiger partial charge in [-0.1, -0.05) is 20.3 Å². The Kier molecular flexibility index (Phi) is 3.80. The fraction of sp³-hybridized carbons (Fsp3) is 0.650. The minimum atomic E-state index is -0.931. The molecule has 1 aromatic rings. The highest BCUT2D eigenvalue weighted by atomic mass is 16.5. The zero-order chi connectivity index (χ0) is 18.9. The predicted molar refractivity (Wildman–Crippen MR) is 92.9 cm³/mol. The van der Waals surface area contributed by atoms with Crippen LogP contribution in [0.3, 0.4) is 0 Å². The molecular formula is C20H26O6. The van der Waals surface area contributed by atoms with Crippen LogP contribution in [0.25, 0.3) is 0 Å². The Morgan fingerprint density at radius 1 is 1.19 bits per heavy atom. The SMILES string of the molecule is CC1(C)CCC[C@@]23C(=O)OC(C[C@@H]12)c1cc(C(CO)CO)c(O)c(O)c13. The molecule has 2 heterocycles. The maximum Gasteiger partial charge on any atom is 0.317 e. The summed E-state index contributed by atoms with van der Waals surface area (Å²) in [5, 5.41) is 40.5. The van der Waals surface area contributed by atoms with Crippen LogP contribution in [0.4, 0.5) is 0 Å². The van der Waals surface area contributed by atoms with Gasteiger partial charge in [-0.05, 0) is 36.7 Å². The summed E-state index contributed by atoms with van der Waals surface area (Å²) in [6, 6.07) is 1.69. The average molecular weight is 362 g/mol. The molecule has 2 aliphatic carbocycles. The van der Waals surface area contributed by atoms with Crippen molar-refractivity contribution in [2.75, 3.05) is 13.2 Å². The normalized spacial score (nSPS) is 31.5. The third-order valence-corrected chi connectivity index (χ3v) is 7.00. The number of benzene rings is 1. The Morgan fingerprint density at radius 3 is 2.54 bits per heavy atom. The van der Waals surface area contributed by atoms with Gasteiger partial charge >= 0.3 is 5.97 Å². The first-order valence-corrected chi connectivity index (χ1v) is 9.30. The molecule has 4 aliphatic rings. The fourth-order valence-electron chi connectivity index (χ4n) is 5.68. The molecule has 2 fully saturated rings. The van der Waals surface area contributed by atoms with Crippen LogP contribution >= 0.6 is 0 Å². The molecule has 0 amide bonds. The third kappa shape index (κ3) is 2.03. The number of aliphatic hydroxyl groups excluding tert-OH is 2. The van der Waals surface area contributed by atoms with Gasteiger partial charge in [0.2, 0.25) is 0 Å². The molecule has 1 saturated heterocycles. The second-order valence-electron chi connectivity index (χ2n) is 8.69. The summed E-state index contributed by atoms with van der Waals surface area (Å²) < 4.78 is 5.71. The number of aromatic hydroxyl groups is 2. The molecule has 6 heteroatoms. The van der Waals surface area contributed by atoms with E-state index in [9.17, 15) is 25.2 Å². The summed E-state index contributed by atoms with van der Waals surface area (Å²) >= 11 is 0. The first kappa shape index (κ1) is 17.6. The van der Waals surface area contributed by atoms with Crippen LogP contribution in [0.15, 0.2) is 6.07 Å². The maximum absolute atomic E-state index is 13.0. The molecule has 0 radical (unpaired) electrons. The van der Waals surface area contributed by atoms with Crippen molar-refractivity contribution in [3.05, 3.63) is 22.8 Å². The van der Waals surface area contributed by atoms with Crippen molar-refractivity contribution in [1.82, 2.24) is 0 Å². The number of ether oxygens (including phenoxy) is 1. The van der Waals surface area contributed by atoms with E-state index in [-0.39, 0.29) is 47.6 Å². The number of aliphatic hydroxyl groups is 2. The van der Waals surface area contributed by atoms with Crippen molar-refractivity contribution in [2.24, 2.45) is 11.3 Å². The highest BCUT2D eigenvalue weighted by Gasteiger charge is 2.65. The van der Waals surface area contributed by atoms with Gasteiger partial charge in [-0.15, -0.1) is 0 Å². The van der Waals surface area contributed by atoms with Gasteiger partial charge in [-0.2, -0.15) is 0 Å². The molecule has 2 aliphatic heterocycles. The van der Waals surface area contributed by atoms with Gasteiger partial charge in [-0.25, -0.2) is 0 Å². The predicted octanol–water partition coefficient (Wildman–Crippen LogP) is 2.23. The number of phenols is 2. The molecule has 26 heavy (non-hydrogen) atoms. The minimum Gasteiger partial charge on any atom is -0.504 e. The lowest BCUT2D eigenvalue weighted by Gasteiger charge is -2.58. The van der Waals surface area contributed by atoms with Crippen molar-refractivity contribution >= 4 is 5.97 Å². The minimum absolute atomic E-state index is 0.0464. The number of carbonyl (C=O) groups excluding carboxylic acids is 1. The van der Waals surface area contributed by atoms with Gasteiger partial charge in [0.15, 0.2) is 11.5 Å². The van der Waals surface area contributed by atoms with Gasteiger partial charge in [0, 0.05) is 22.6 Å². The van der Waals surface area contributed by atoms with E-state index in [1.54, 1.807) is 6.07 Å². The molecule has 1 saturated carbocycles. The second kappa shape index (κ2) is 5.60. The van der Waals surface area contributed by atoms with Crippen LogP contribution in [0.1, 0.15) is 68.2 Å². The van der Waals surface area contributed by atoms with Crippen molar-refractivity contribution in [2.45, 2.75) is 57.0 Å². The van der Waals surface area contributed by atoms with E-state index >= 15 is 0 Å². The number of hydrogen-bond acceptors (Lipinski definition) is 6. The van der Waals surface area contributed by atoms with E-state index in [1.165, 1.54) is 0 Å². The molecule has 1 spiro atoms. The van der Waals surface area contributed by atoms with Crippen molar-refractivity contribution in [3.63, 3.8) is 0 Å². The molecule has 2 bridgehead atoms. The Labute approximate surface area is 152 Å². The average Bonchev–Trinajstić information content (AvgIpc) is 2.59. The summed E-state index contributed by atoms with van der Waals surface area (Å²) in [6.07, 6.45) is 2.68. The van der Waals surface area contributed by atoms with Crippen LogP contribution < -0.4 is 0 Å². The maximum atomic E-state index is 13.0. The molecule has 1 aromatic carbocycles. The molecule has 6 nitrogen and oxygen atoms in total. The van der Waals surface area contributed by atoms with Gasteiger partial charge in [0.25, 0.3) is 0 Å². The summed E-state index contributed by atoms with van der Waals surface area (Å²) in [7, 11) is 0. The van der Waals surface area contributed by atoms with Crippen LogP contribution in [-0.2, 0) is 14.9 Å². The molecule has 4 N–H and O–H groups in total. The first-order valence-electron chi connectivity index (χ1n) is 9.30. The molecule has 1 unspecified atom stereocenters. The topological polar surface area (TPSA) is 107 Å². The highest BCUT2D eigenvalue weighted by Crippen LogP contribution is 2.66. The lowest BCUT2D eigenvalue weighted by Crippen LogP contribution is -2.59. The Balaban J connectivity index is 1.97. The zero-order valence-corrected chi connectivity index (χ0v) is 15.2. The Hall–Kier alpha value is -1.79. The molecule has 3 atom stereocenters. The quantitative estimate of drug-likeness (QED) is 0.485. The van der Waals surface area contributed by atoms with Gasteiger partial charge in [-0.3, -0.25) is 4.79 Å². The van der Waals surface area contributed by atoms with Crippen LogP contribution in [-0.4, -0.2) is 39.6 Å². The number of esters is 1. The van der Waals surface area contributed by atoms with E-state index in [1.807, 2.05) is 0 Å². The summed E-state index contributed by atoms with van der Waals surface area (Å²) in [6.45, 7) is 3.61. The number of carbonyl (C=O) groups is 1. The summed E-state index contributed by atoms with van der Waals surface area (Å²) in [5.74, 6) is -1.60. The fourth-order valence-corrected chi connectivity index (χ4v) is 5.68. The molecule has 142 valence electrons. The van der Waals surface area contributed by atoms with Crippen LogP contribution in [0.2, 0.25) is 0 Å². The van der Waals surface area contributed by atoms with E-state index in [0.29, 0.717) is 24.0 Å². The number of phenolic OH excluding ortho intramolecular Hbond substituents is 2. The van der Waals surface area contributed by atoms with Crippen molar-refractivity contribution < 1.29 is 30.0 Å². The van der Waals surface area contributed by atoms with Crippen molar-refractivity contribution in [1.29, 1.82) is 0 Å². The second-order valence-corrected chi connectivity index (χ2v) is 8.69. The van der Waals surface area contributed by atoms with Crippen LogP contribution in [0, 0.1) is 11.3 Å². The van der Waals surface area contributed by atoms with E-state index in [2.05, 4.69) is 13.8 Å². The Morgan fingerprint density at radius 2 is 1.88 bits per heavy atom. The molecule has 0 aromatic heterocycles.